The van der Waals surface area contributed by atoms with Crippen molar-refractivity contribution < 1.29 is 13.9 Å². The highest BCUT2D eigenvalue weighted by Crippen LogP contribution is 2.21. The first-order valence-corrected chi connectivity index (χ1v) is 6.95. The van der Waals surface area contributed by atoms with Crippen LogP contribution in [0.25, 0.3) is 11.5 Å². The number of nitrogens with zero attached hydrogens (tertiary/aromatic N) is 3. The highest BCUT2D eigenvalue weighted by Gasteiger charge is 2.10. The second-order valence-corrected chi connectivity index (χ2v) is 4.96. The molecule has 2 aromatic rings. The van der Waals surface area contributed by atoms with E-state index in [4.69, 9.17) is 9.15 Å². The SMILES string of the molecule is CC(C)OC(=O)NCSc1nnc(-c2ccncc2)o1. The van der Waals surface area contributed by atoms with Crippen molar-refractivity contribution in [1.82, 2.24) is 20.5 Å². The molecule has 0 aliphatic heterocycles. The smallest absolute Gasteiger partial charge is 0.408 e. The third-order valence-electron chi connectivity index (χ3n) is 2.09. The molecule has 0 spiro atoms. The zero-order valence-electron chi connectivity index (χ0n) is 11.1. The van der Waals surface area contributed by atoms with Crippen LogP contribution < -0.4 is 5.32 Å². The van der Waals surface area contributed by atoms with Crippen LogP contribution in [0.5, 0.6) is 0 Å². The molecule has 0 bridgehead atoms. The summed E-state index contributed by atoms with van der Waals surface area (Å²) < 4.78 is 10.4. The Morgan fingerprint density at radius 1 is 1.40 bits per heavy atom. The van der Waals surface area contributed by atoms with Gasteiger partial charge in [-0.3, -0.25) is 4.98 Å². The van der Waals surface area contributed by atoms with Crippen LogP contribution in [0.4, 0.5) is 4.79 Å². The molecule has 0 saturated carbocycles. The average molecular weight is 294 g/mol. The van der Waals surface area contributed by atoms with E-state index in [0.29, 0.717) is 17.0 Å². The van der Waals surface area contributed by atoms with Crippen molar-refractivity contribution in [1.29, 1.82) is 0 Å². The minimum atomic E-state index is -0.471. The summed E-state index contributed by atoms with van der Waals surface area (Å²) in [5.74, 6) is 0.712. The van der Waals surface area contributed by atoms with E-state index in [-0.39, 0.29) is 6.10 Å². The number of aromatic nitrogens is 3. The number of hydrogen-bond acceptors (Lipinski definition) is 7. The van der Waals surface area contributed by atoms with Gasteiger partial charge < -0.3 is 14.5 Å². The number of rotatable bonds is 5. The highest BCUT2D eigenvalue weighted by atomic mass is 32.2. The van der Waals surface area contributed by atoms with Gasteiger partial charge in [-0.05, 0) is 37.7 Å². The van der Waals surface area contributed by atoms with E-state index >= 15 is 0 Å². The molecule has 20 heavy (non-hydrogen) atoms. The lowest BCUT2D eigenvalue weighted by Gasteiger charge is -2.07. The van der Waals surface area contributed by atoms with E-state index in [1.54, 1.807) is 38.4 Å². The number of carbonyl (C=O) groups excluding carboxylic acids is 1. The molecule has 0 aliphatic rings. The van der Waals surface area contributed by atoms with E-state index in [2.05, 4.69) is 20.5 Å². The lowest BCUT2D eigenvalue weighted by molar-refractivity contribution is 0.117. The predicted molar refractivity (Wildman–Crippen MR) is 73.0 cm³/mol. The largest absolute Gasteiger partial charge is 0.447 e. The normalized spacial score (nSPS) is 10.6. The van der Waals surface area contributed by atoms with Crippen LogP contribution in [0, 0.1) is 0 Å². The van der Waals surface area contributed by atoms with Crippen molar-refractivity contribution in [2.24, 2.45) is 0 Å². The van der Waals surface area contributed by atoms with Crippen LogP contribution in [0.15, 0.2) is 34.2 Å². The lowest BCUT2D eigenvalue weighted by Crippen LogP contribution is -2.26. The zero-order chi connectivity index (χ0) is 14.4. The monoisotopic (exact) mass is 294 g/mol. The van der Waals surface area contributed by atoms with Crippen LogP contribution in [0.2, 0.25) is 0 Å². The first kappa shape index (κ1) is 14.3. The quantitative estimate of drug-likeness (QED) is 0.668. The second kappa shape index (κ2) is 6.90. The Kier molecular flexibility index (Phi) is 4.94. The van der Waals surface area contributed by atoms with E-state index in [0.717, 1.165) is 5.56 Å². The molecular weight excluding hydrogens is 280 g/mol. The maximum absolute atomic E-state index is 11.3. The van der Waals surface area contributed by atoms with Gasteiger partial charge in [0.25, 0.3) is 5.22 Å². The Morgan fingerprint density at radius 2 is 2.15 bits per heavy atom. The van der Waals surface area contributed by atoms with Gasteiger partial charge in [0.2, 0.25) is 5.89 Å². The Hall–Kier alpha value is -2.09. The fraction of sp³-hybridized carbons (Fsp3) is 0.333. The summed E-state index contributed by atoms with van der Waals surface area (Å²) in [6.45, 7) is 3.57. The fourth-order valence-electron chi connectivity index (χ4n) is 1.29. The molecular formula is C12H14N4O3S. The molecule has 106 valence electrons. The molecule has 2 rings (SSSR count). The number of alkyl carbamates (subject to hydrolysis) is 1. The van der Waals surface area contributed by atoms with Gasteiger partial charge in [-0.25, -0.2) is 4.79 Å². The van der Waals surface area contributed by atoms with Crippen LogP contribution >= 0.6 is 11.8 Å². The maximum Gasteiger partial charge on any atom is 0.408 e. The summed E-state index contributed by atoms with van der Waals surface area (Å²) in [5.41, 5.74) is 0.798. The number of carbonyl (C=O) groups is 1. The molecule has 0 atom stereocenters. The van der Waals surface area contributed by atoms with E-state index in [1.165, 1.54) is 11.8 Å². The molecule has 0 radical (unpaired) electrons. The first-order valence-electron chi connectivity index (χ1n) is 5.96. The molecule has 0 unspecified atom stereocenters. The number of ether oxygens (including phenoxy) is 1. The predicted octanol–water partition coefficient (Wildman–Crippen LogP) is 2.32. The molecule has 1 amide bonds. The number of nitrogens with one attached hydrogen (secondary N) is 1. The second-order valence-electron chi connectivity index (χ2n) is 4.03. The summed E-state index contributed by atoms with van der Waals surface area (Å²) >= 11 is 1.22. The summed E-state index contributed by atoms with van der Waals surface area (Å²) in [7, 11) is 0. The van der Waals surface area contributed by atoms with Crippen molar-refractivity contribution in [3.8, 4) is 11.5 Å². The van der Waals surface area contributed by atoms with Gasteiger partial charge in [-0.2, -0.15) is 0 Å². The van der Waals surface area contributed by atoms with Gasteiger partial charge in [0.05, 0.1) is 12.0 Å². The van der Waals surface area contributed by atoms with Crippen molar-refractivity contribution in [2.45, 2.75) is 25.2 Å². The number of thioether (sulfide) groups is 1. The molecule has 8 heteroatoms. The van der Waals surface area contributed by atoms with Crippen molar-refractivity contribution in [3.63, 3.8) is 0 Å². The zero-order valence-corrected chi connectivity index (χ0v) is 11.9. The lowest BCUT2D eigenvalue weighted by atomic mass is 10.3. The minimum Gasteiger partial charge on any atom is -0.447 e. The molecule has 0 aliphatic carbocycles. The van der Waals surface area contributed by atoms with Gasteiger partial charge in [0.15, 0.2) is 0 Å². The number of hydrogen-bond donors (Lipinski definition) is 1. The van der Waals surface area contributed by atoms with Crippen LogP contribution in [-0.2, 0) is 4.74 Å². The van der Waals surface area contributed by atoms with Crippen molar-refractivity contribution >= 4 is 17.9 Å². The van der Waals surface area contributed by atoms with Crippen molar-refractivity contribution in [2.75, 3.05) is 5.88 Å². The number of amides is 1. The molecule has 0 aromatic carbocycles. The molecule has 7 nitrogen and oxygen atoms in total. The van der Waals surface area contributed by atoms with Crippen molar-refractivity contribution in [3.05, 3.63) is 24.5 Å². The summed E-state index contributed by atoms with van der Waals surface area (Å²) in [5, 5.41) is 10.8. The van der Waals surface area contributed by atoms with Gasteiger partial charge in [-0.1, -0.05) is 0 Å². The van der Waals surface area contributed by atoms with Gasteiger partial charge >= 0.3 is 6.09 Å². The van der Waals surface area contributed by atoms with Crippen LogP contribution in [-0.4, -0.2) is 33.3 Å². The Morgan fingerprint density at radius 3 is 2.85 bits per heavy atom. The van der Waals surface area contributed by atoms with Crippen LogP contribution in [0.3, 0.4) is 0 Å². The fourth-order valence-corrected chi connectivity index (χ4v) is 1.84. The molecule has 0 fully saturated rings. The van der Waals surface area contributed by atoms with E-state index in [1.807, 2.05) is 0 Å². The summed E-state index contributed by atoms with van der Waals surface area (Å²) in [6, 6.07) is 3.56. The number of pyridine rings is 1. The molecule has 1 N–H and O–H groups in total. The van der Waals surface area contributed by atoms with Gasteiger partial charge in [-0.15, -0.1) is 10.2 Å². The minimum absolute atomic E-state index is 0.151. The van der Waals surface area contributed by atoms with Crippen LogP contribution in [0.1, 0.15) is 13.8 Å². The maximum atomic E-state index is 11.3. The summed E-state index contributed by atoms with van der Waals surface area (Å²) in [4.78, 5) is 15.2. The topological polar surface area (TPSA) is 90.1 Å². The standard InChI is InChI=1S/C12H14N4O3S/c1-8(2)18-11(17)14-7-20-12-16-15-10(19-12)9-3-5-13-6-4-9/h3-6,8H,7H2,1-2H3,(H,14,17). The summed E-state index contributed by atoms with van der Waals surface area (Å²) in [6.07, 6.45) is 2.68. The van der Waals surface area contributed by atoms with E-state index in [9.17, 15) is 4.79 Å². The highest BCUT2D eigenvalue weighted by molar-refractivity contribution is 7.99. The third-order valence-corrected chi connectivity index (χ3v) is 2.79. The third kappa shape index (κ3) is 4.23. The molecule has 2 heterocycles. The molecule has 0 saturated heterocycles. The van der Waals surface area contributed by atoms with E-state index < -0.39 is 6.09 Å². The average Bonchev–Trinajstić information content (AvgIpc) is 2.88. The Bertz CT molecular complexity index is 559. The van der Waals surface area contributed by atoms with Gasteiger partial charge in [0.1, 0.15) is 0 Å². The first-order chi connectivity index (χ1) is 9.65. The van der Waals surface area contributed by atoms with Gasteiger partial charge in [0, 0.05) is 18.0 Å². The Labute approximate surface area is 120 Å². The molecule has 2 aromatic heterocycles. The Balaban J connectivity index is 1.83.